The minimum Gasteiger partial charge on any atom is -0.493 e. The van der Waals surface area contributed by atoms with E-state index in [1.807, 2.05) is 6.07 Å². The van der Waals surface area contributed by atoms with Gasteiger partial charge in [-0.3, -0.25) is 9.59 Å². The van der Waals surface area contributed by atoms with Crippen molar-refractivity contribution in [3.8, 4) is 11.5 Å². The lowest BCUT2D eigenvalue weighted by Crippen LogP contribution is -2.34. The van der Waals surface area contributed by atoms with E-state index in [1.165, 1.54) is 23.1 Å². The molecule has 1 aromatic heterocycles. The van der Waals surface area contributed by atoms with E-state index < -0.39 is 0 Å². The Labute approximate surface area is 190 Å². The number of hydrogen-bond donors (Lipinski definition) is 1. The zero-order chi connectivity index (χ0) is 22.4. The van der Waals surface area contributed by atoms with Crippen LogP contribution in [0.2, 0.25) is 0 Å². The average molecular weight is 462 g/mol. The number of aromatic nitrogens is 2. The first-order chi connectivity index (χ1) is 14.7. The van der Waals surface area contributed by atoms with Crippen LogP contribution in [0.4, 0.5) is 5.13 Å². The Bertz CT molecular complexity index is 1020. The van der Waals surface area contributed by atoms with Crippen molar-refractivity contribution in [2.24, 2.45) is 16.7 Å². The molecule has 2 saturated carbocycles. The predicted octanol–water partition coefficient (Wildman–Crippen LogP) is 4.22. The summed E-state index contributed by atoms with van der Waals surface area (Å²) in [5.41, 5.74) is 0.552. The number of carbonyl (C=O) groups is 2. The van der Waals surface area contributed by atoms with Crippen LogP contribution in [-0.4, -0.2) is 41.4 Å². The number of anilines is 1. The van der Waals surface area contributed by atoms with Gasteiger partial charge in [0.05, 0.1) is 25.9 Å². The Kier molecular flexibility index (Phi) is 5.76. The first-order valence-corrected chi connectivity index (χ1v) is 11.9. The van der Waals surface area contributed by atoms with E-state index in [9.17, 15) is 9.59 Å². The van der Waals surface area contributed by atoms with Crippen molar-refractivity contribution in [3.05, 3.63) is 23.8 Å². The van der Waals surface area contributed by atoms with Crippen LogP contribution < -0.4 is 14.8 Å². The molecule has 31 heavy (non-hydrogen) atoms. The number of nitrogens with one attached hydrogen (secondary N) is 1. The van der Waals surface area contributed by atoms with Gasteiger partial charge in [0, 0.05) is 5.41 Å². The maximum Gasteiger partial charge on any atom is 0.230 e. The molecule has 4 rings (SSSR count). The molecule has 3 atom stereocenters. The van der Waals surface area contributed by atoms with Gasteiger partial charge in [-0.15, -0.1) is 10.2 Å². The molecule has 2 aliphatic rings. The van der Waals surface area contributed by atoms with E-state index in [-0.39, 0.29) is 28.4 Å². The number of carbonyl (C=O) groups excluding carboxylic acids is 2. The molecule has 1 heterocycles. The highest BCUT2D eigenvalue weighted by atomic mass is 32.2. The number of nitrogens with zero attached hydrogens (tertiary/aromatic N) is 2. The Balaban J connectivity index is 1.39. The summed E-state index contributed by atoms with van der Waals surface area (Å²) in [4.78, 5) is 25.5. The summed E-state index contributed by atoms with van der Waals surface area (Å²) in [6.45, 7) is 6.53. The zero-order valence-electron chi connectivity index (χ0n) is 18.4. The van der Waals surface area contributed by atoms with Crippen molar-refractivity contribution in [1.82, 2.24) is 10.2 Å². The fourth-order valence-corrected chi connectivity index (χ4v) is 7.44. The van der Waals surface area contributed by atoms with Crippen molar-refractivity contribution < 1.29 is 19.1 Å². The fraction of sp³-hybridized carbons (Fsp3) is 0.545. The lowest BCUT2D eigenvalue weighted by atomic mass is 9.70. The second-order valence-corrected chi connectivity index (χ2v) is 11.3. The predicted molar refractivity (Wildman–Crippen MR) is 121 cm³/mol. The van der Waals surface area contributed by atoms with Crippen LogP contribution in [-0.2, 0) is 16.0 Å². The molecule has 2 fully saturated rings. The number of methoxy groups -OCH3 is 2. The number of ketones is 1. The van der Waals surface area contributed by atoms with Crippen molar-refractivity contribution in [3.63, 3.8) is 0 Å². The maximum absolute atomic E-state index is 13.0. The molecule has 3 unspecified atom stereocenters. The summed E-state index contributed by atoms with van der Waals surface area (Å²) in [5.74, 6) is 1.68. The quantitative estimate of drug-likeness (QED) is 0.617. The average Bonchev–Trinajstić information content (AvgIpc) is 3.30. The first kappa shape index (κ1) is 22.1. The minimum atomic E-state index is -0.253. The summed E-state index contributed by atoms with van der Waals surface area (Å²) in [6.07, 6.45) is 2.22. The molecule has 0 spiro atoms. The Hall–Kier alpha value is -2.13. The van der Waals surface area contributed by atoms with Crippen molar-refractivity contribution >= 4 is 39.9 Å². The molecule has 0 saturated heterocycles. The SMILES string of the molecule is COc1ccc(CC(=O)Nc2nnc(SC3C(=O)C4(C)CCC3C4(C)C)s2)cc1OC. The normalized spacial score (nSPS) is 26.2. The molecule has 7 nitrogen and oxygen atoms in total. The second-order valence-electron chi connectivity index (χ2n) is 8.89. The standard InChI is InChI=1S/C22H27N3O4S2/c1-21(2)13-8-9-22(21,3)18(27)17(13)30-20-25-24-19(31-20)23-16(26)11-12-6-7-14(28-4)15(10-12)29-5/h6-7,10,13,17H,8-9,11H2,1-5H3,(H,23,24,26). The van der Waals surface area contributed by atoms with Gasteiger partial charge in [0.25, 0.3) is 0 Å². The van der Waals surface area contributed by atoms with Crippen LogP contribution in [0.5, 0.6) is 11.5 Å². The summed E-state index contributed by atoms with van der Waals surface area (Å²) < 4.78 is 11.2. The molecule has 2 aromatic rings. The number of ether oxygens (including phenoxy) is 2. The minimum absolute atomic E-state index is 0.00288. The molecule has 2 aliphatic carbocycles. The molecule has 1 amide bonds. The summed E-state index contributed by atoms with van der Waals surface area (Å²) in [5, 5.41) is 11.5. The number of fused-ring (bicyclic) bond motifs is 2. The van der Waals surface area contributed by atoms with Gasteiger partial charge in [0.15, 0.2) is 21.6 Å². The molecule has 0 radical (unpaired) electrons. The van der Waals surface area contributed by atoms with Crippen molar-refractivity contribution in [2.75, 3.05) is 19.5 Å². The van der Waals surface area contributed by atoms with E-state index in [0.717, 1.165) is 18.4 Å². The number of thioether (sulfide) groups is 1. The van der Waals surface area contributed by atoms with Gasteiger partial charge in [0.2, 0.25) is 11.0 Å². The Morgan fingerprint density at radius 1 is 1.23 bits per heavy atom. The fourth-order valence-electron chi connectivity index (χ4n) is 4.90. The van der Waals surface area contributed by atoms with E-state index >= 15 is 0 Å². The Morgan fingerprint density at radius 2 is 1.97 bits per heavy atom. The molecule has 0 aliphatic heterocycles. The van der Waals surface area contributed by atoms with E-state index in [2.05, 4.69) is 36.3 Å². The largest absolute Gasteiger partial charge is 0.493 e. The third-order valence-electron chi connectivity index (χ3n) is 7.17. The topological polar surface area (TPSA) is 90.4 Å². The van der Waals surface area contributed by atoms with Crippen LogP contribution in [0, 0.1) is 16.7 Å². The van der Waals surface area contributed by atoms with Gasteiger partial charge < -0.3 is 14.8 Å². The van der Waals surface area contributed by atoms with Gasteiger partial charge >= 0.3 is 0 Å². The lowest BCUT2D eigenvalue weighted by molar-refractivity contribution is -0.127. The summed E-state index contributed by atoms with van der Waals surface area (Å²) in [6, 6.07) is 5.38. The van der Waals surface area contributed by atoms with E-state index in [0.29, 0.717) is 32.7 Å². The van der Waals surface area contributed by atoms with E-state index in [4.69, 9.17) is 9.47 Å². The van der Waals surface area contributed by atoms with Crippen LogP contribution in [0.1, 0.15) is 39.2 Å². The monoisotopic (exact) mass is 461 g/mol. The van der Waals surface area contributed by atoms with Crippen LogP contribution in [0.3, 0.4) is 0 Å². The summed E-state index contributed by atoms with van der Waals surface area (Å²) in [7, 11) is 3.13. The second kappa shape index (κ2) is 8.09. The van der Waals surface area contributed by atoms with Crippen molar-refractivity contribution in [2.45, 2.75) is 49.6 Å². The Morgan fingerprint density at radius 3 is 2.61 bits per heavy atom. The van der Waals surface area contributed by atoms with Crippen LogP contribution in [0.25, 0.3) is 0 Å². The molecule has 2 bridgehead atoms. The molecule has 166 valence electrons. The van der Waals surface area contributed by atoms with Crippen LogP contribution >= 0.6 is 23.1 Å². The smallest absolute Gasteiger partial charge is 0.230 e. The van der Waals surface area contributed by atoms with Gasteiger partial charge in [-0.25, -0.2) is 0 Å². The molecule has 1 N–H and O–H groups in total. The van der Waals surface area contributed by atoms with Gasteiger partial charge in [-0.1, -0.05) is 49.9 Å². The molecule has 9 heteroatoms. The molecular weight excluding hydrogens is 434 g/mol. The third kappa shape index (κ3) is 3.71. The number of hydrogen-bond acceptors (Lipinski definition) is 8. The molecular formula is C22H27N3O4S2. The van der Waals surface area contributed by atoms with E-state index in [1.54, 1.807) is 26.4 Å². The zero-order valence-corrected chi connectivity index (χ0v) is 20.0. The van der Waals surface area contributed by atoms with Gasteiger partial charge in [-0.05, 0) is 41.9 Å². The number of amides is 1. The van der Waals surface area contributed by atoms with Crippen molar-refractivity contribution in [1.29, 1.82) is 0 Å². The first-order valence-electron chi connectivity index (χ1n) is 10.2. The molecule has 1 aromatic carbocycles. The number of Topliss-reactive ketones (excluding diaryl/α,β-unsaturated/α-hetero) is 1. The highest BCUT2D eigenvalue weighted by molar-refractivity contribution is 8.02. The maximum atomic E-state index is 13.0. The summed E-state index contributed by atoms with van der Waals surface area (Å²) >= 11 is 2.81. The lowest BCUT2D eigenvalue weighted by Gasteiger charge is -2.32. The van der Waals surface area contributed by atoms with Crippen LogP contribution in [0.15, 0.2) is 22.5 Å². The highest BCUT2D eigenvalue weighted by Gasteiger charge is 2.66. The third-order valence-corrected chi connectivity index (χ3v) is 9.42. The van der Waals surface area contributed by atoms with Gasteiger partial charge in [-0.2, -0.15) is 0 Å². The number of rotatable bonds is 7. The highest BCUT2D eigenvalue weighted by Crippen LogP contribution is 2.66. The number of benzene rings is 1. The van der Waals surface area contributed by atoms with Gasteiger partial charge in [0.1, 0.15) is 0 Å².